The fourth-order valence-electron chi connectivity index (χ4n) is 4.33. The summed E-state index contributed by atoms with van der Waals surface area (Å²) in [5, 5.41) is 16.0. The van der Waals surface area contributed by atoms with Gasteiger partial charge in [-0.15, -0.1) is 0 Å². The third-order valence-corrected chi connectivity index (χ3v) is 6.29. The second-order valence-electron chi connectivity index (χ2n) is 7.95. The van der Waals surface area contributed by atoms with Crippen LogP contribution in [0.1, 0.15) is 24.0 Å². The van der Waals surface area contributed by atoms with Gasteiger partial charge < -0.3 is 19.9 Å². The molecule has 0 atom stereocenters. The molecule has 0 aliphatic carbocycles. The molecule has 162 valence electrons. The van der Waals surface area contributed by atoms with E-state index in [1.807, 2.05) is 35.3 Å². The average molecular weight is 443 g/mol. The van der Waals surface area contributed by atoms with Crippen LogP contribution < -0.4 is 20.2 Å². The minimum absolute atomic E-state index is 0.224. The number of hydrogen-bond donors (Lipinski definition) is 3. The molecule has 31 heavy (non-hydrogen) atoms. The molecule has 3 aliphatic rings. The maximum atomic E-state index is 12.5. The third kappa shape index (κ3) is 3.71. The van der Waals surface area contributed by atoms with Crippen LogP contribution in [0.4, 0.5) is 5.69 Å². The van der Waals surface area contributed by atoms with Crippen LogP contribution in [0.5, 0.6) is 11.5 Å². The summed E-state index contributed by atoms with van der Waals surface area (Å²) >= 11 is 6.20. The number of carboxylic acids is 1. The van der Waals surface area contributed by atoms with Crippen LogP contribution in [0.25, 0.3) is 0 Å². The van der Waals surface area contributed by atoms with E-state index < -0.39 is 11.4 Å². The molecule has 0 unspecified atom stereocenters. The number of hydrogen-bond acceptors (Lipinski definition) is 7. The summed E-state index contributed by atoms with van der Waals surface area (Å²) in [4.78, 5) is 17.3. The Morgan fingerprint density at radius 2 is 2.00 bits per heavy atom. The van der Waals surface area contributed by atoms with E-state index in [9.17, 15) is 9.90 Å². The van der Waals surface area contributed by atoms with Crippen molar-refractivity contribution < 1.29 is 19.4 Å². The molecule has 5 rings (SSSR count). The summed E-state index contributed by atoms with van der Waals surface area (Å²) in [6.45, 7) is 2.45. The van der Waals surface area contributed by atoms with Gasteiger partial charge in [-0.1, -0.05) is 17.7 Å². The first-order valence-electron chi connectivity index (χ1n) is 10.3. The summed E-state index contributed by atoms with van der Waals surface area (Å²) in [6.07, 6.45) is 0.957. The van der Waals surface area contributed by atoms with E-state index in [0.717, 1.165) is 22.6 Å². The summed E-state index contributed by atoms with van der Waals surface area (Å²) in [6, 6.07) is 11.3. The van der Waals surface area contributed by atoms with Gasteiger partial charge in [0.2, 0.25) is 6.79 Å². The molecule has 9 heteroatoms. The SMILES string of the molecule is O=C(O)C1(C2=Nc3ccc(Cl)cc3CN2NCc2ccc3c(c2)OCO3)CCNCC1. The lowest BCUT2D eigenvalue weighted by Gasteiger charge is -2.42. The maximum Gasteiger partial charge on any atom is 0.317 e. The number of piperidine rings is 1. The van der Waals surface area contributed by atoms with Crippen molar-refractivity contribution in [2.24, 2.45) is 10.4 Å². The number of carboxylic acid groups (broad SMARTS) is 1. The Kier molecular flexibility index (Phi) is 5.21. The van der Waals surface area contributed by atoms with Crippen LogP contribution in [-0.2, 0) is 17.9 Å². The Bertz CT molecular complexity index is 1050. The highest BCUT2D eigenvalue weighted by Crippen LogP contribution is 2.39. The van der Waals surface area contributed by atoms with Gasteiger partial charge in [-0.25, -0.2) is 10.4 Å². The Labute approximate surface area is 184 Å². The van der Waals surface area contributed by atoms with Gasteiger partial charge in [0.25, 0.3) is 0 Å². The molecule has 0 radical (unpaired) electrons. The van der Waals surface area contributed by atoms with Crippen LogP contribution in [0.15, 0.2) is 41.4 Å². The number of rotatable bonds is 5. The van der Waals surface area contributed by atoms with Gasteiger partial charge in [-0.2, -0.15) is 0 Å². The first-order chi connectivity index (χ1) is 15.0. The van der Waals surface area contributed by atoms with Crippen molar-refractivity contribution in [3.05, 3.63) is 52.5 Å². The molecule has 3 aliphatic heterocycles. The number of carbonyl (C=O) groups is 1. The van der Waals surface area contributed by atoms with Crippen molar-refractivity contribution >= 4 is 29.1 Å². The lowest BCUT2D eigenvalue weighted by Crippen LogP contribution is -2.57. The minimum Gasteiger partial charge on any atom is -0.480 e. The van der Waals surface area contributed by atoms with E-state index in [-0.39, 0.29) is 6.79 Å². The first-order valence-corrected chi connectivity index (χ1v) is 10.6. The molecular weight excluding hydrogens is 420 g/mol. The number of nitrogens with one attached hydrogen (secondary N) is 2. The summed E-state index contributed by atoms with van der Waals surface area (Å²) in [7, 11) is 0. The largest absolute Gasteiger partial charge is 0.480 e. The minimum atomic E-state index is -1.05. The third-order valence-electron chi connectivity index (χ3n) is 6.06. The highest BCUT2D eigenvalue weighted by atomic mass is 35.5. The number of hydrazine groups is 1. The van der Waals surface area contributed by atoms with Crippen molar-refractivity contribution in [3.8, 4) is 11.5 Å². The van der Waals surface area contributed by atoms with Crippen molar-refractivity contribution in [1.29, 1.82) is 0 Å². The van der Waals surface area contributed by atoms with E-state index in [1.165, 1.54) is 0 Å². The van der Waals surface area contributed by atoms with Crippen LogP contribution in [0.3, 0.4) is 0 Å². The van der Waals surface area contributed by atoms with E-state index in [1.54, 1.807) is 6.07 Å². The second kappa shape index (κ2) is 8.03. The summed E-state index contributed by atoms with van der Waals surface area (Å²) < 4.78 is 10.8. The molecule has 0 spiro atoms. The number of benzene rings is 2. The zero-order valence-corrected chi connectivity index (χ0v) is 17.6. The van der Waals surface area contributed by atoms with Crippen molar-refractivity contribution in [2.75, 3.05) is 19.9 Å². The van der Waals surface area contributed by atoms with E-state index in [0.29, 0.717) is 55.6 Å². The normalized spacial score (nSPS) is 19.0. The van der Waals surface area contributed by atoms with Gasteiger partial charge in [0, 0.05) is 17.1 Å². The smallest absolute Gasteiger partial charge is 0.317 e. The Balaban J connectivity index is 1.47. The molecule has 0 aromatic heterocycles. The number of aliphatic carboxylic acids is 1. The standard InChI is InChI=1S/C22H23ClN4O4/c23-16-2-3-17-15(10-16)12-27(20(26-17)22(21(28)29)5-7-24-8-6-22)25-11-14-1-4-18-19(9-14)31-13-30-18/h1-4,9-10,24-25H,5-8,11-13H2,(H,28,29). The molecule has 0 bridgehead atoms. The first kappa shape index (κ1) is 20.1. The number of ether oxygens (including phenoxy) is 2. The molecule has 2 aromatic carbocycles. The van der Waals surface area contributed by atoms with Crippen LogP contribution in [-0.4, -0.2) is 41.8 Å². The van der Waals surface area contributed by atoms with Crippen molar-refractivity contribution in [1.82, 2.24) is 15.8 Å². The fraction of sp³-hybridized carbons (Fsp3) is 0.364. The molecule has 0 saturated carbocycles. The van der Waals surface area contributed by atoms with Crippen LogP contribution in [0, 0.1) is 5.41 Å². The van der Waals surface area contributed by atoms with Gasteiger partial charge in [0.05, 0.1) is 12.2 Å². The molecule has 2 aromatic rings. The summed E-state index contributed by atoms with van der Waals surface area (Å²) in [5.41, 5.74) is 5.05. The maximum absolute atomic E-state index is 12.5. The highest BCUT2D eigenvalue weighted by Gasteiger charge is 2.48. The predicted molar refractivity (Wildman–Crippen MR) is 116 cm³/mol. The lowest BCUT2D eigenvalue weighted by atomic mass is 9.77. The number of aliphatic imine (C=N–C) groups is 1. The molecule has 0 amide bonds. The Morgan fingerprint density at radius 3 is 2.81 bits per heavy atom. The second-order valence-corrected chi connectivity index (χ2v) is 8.39. The topological polar surface area (TPSA) is 95.4 Å². The van der Waals surface area contributed by atoms with Crippen molar-refractivity contribution in [2.45, 2.75) is 25.9 Å². The fourth-order valence-corrected chi connectivity index (χ4v) is 4.52. The van der Waals surface area contributed by atoms with Gasteiger partial charge in [0.1, 0.15) is 11.3 Å². The van der Waals surface area contributed by atoms with Gasteiger partial charge in [-0.3, -0.25) is 9.80 Å². The van der Waals surface area contributed by atoms with E-state index >= 15 is 0 Å². The molecule has 8 nitrogen and oxygen atoms in total. The van der Waals surface area contributed by atoms with Crippen LogP contribution >= 0.6 is 11.6 Å². The number of fused-ring (bicyclic) bond motifs is 2. The summed E-state index contributed by atoms with van der Waals surface area (Å²) in [5.74, 6) is 1.13. The van der Waals surface area contributed by atoms with E-state index in [4.69, 9.17) is 26.1 Å². The number of nitrogens with zero attached hydrogens (tertiary/aromatic N) is 2. The van der Waals surface area contributed by atoms with E-state index in [2.05, 4.69) is 10.7 Å². The lowest BCUT2D eigenvalue weighted by molar-refractivity contribution is -0.146. The van der Waals surface area contributed by atoms with Crippen LogP contribution in [0.2, 0.25) is 5.02 Å². The zero-order chi connectivity index (χ0) is 21.4. The zero-order valence-electron chi connectivity index (χ0n) is 16.9. The number of halogens is 1. The average Bonchev–Trinajstić information content (AvgIpc) is 3.25. The molecular formula is C22H23ClN4O4. The quantitative estimate of drug-likeness (QED) is 0.654. The molecule has 1 fully saturated rings. The highest BCUT2D eigenvalue weighted by molar-refractivity contribution is 6.30. The Hall–Kier alpha value is -2.81. The number of amidine groups is 1. The molecule has 1 saturated heterocycles. The van der Waals surface area contributed by atoms with Crippen molar-refractivity contribution in [3.63, 3.8) is 0 Å². The molecule has 3 N–H and O–H groups in total. The monoisotopic (exact) mass is 442 g/mol. The van der Waals surface area contributed by atoms with Gasteiger partial charge in [0.15, 0.2) is 11.5 Å². The predicted octanol–water partition coefficient (Wildman–Crippen LogP) is 3.07. The van der Waals surface area contributed by atoms with Gasteiger partial charge >= 0.3 is 5.97 Å². The van der Waals surface area contributed by atoms with Gasteiger partial charge in [-0.05, 0) is 61.8 Å². The molecule has 3 heterocycles. The Morgan fingerprint density at radius 1 is 1.19 bits per heavy atom.